The number of furan rings is 1. The van der Waals surface area contributed by atoms with Crippen molar-refractivity contribution in [3.8, 4) is 0 Å². The van der Waals surface area contributed by atoms with Crippen LogP contribution < -0.4 is 10.2 Å². The molecule has 128 valence electrons. The van der Waals surface area contributed by atoms with E-state index in [1.54, 1.807) is 18.2 Å². The first-order valence-electron chi connectivity index (χ1n) is 8.44. The van der Waals surface area contributed by atoms with Crippen LogP contribution in [0.25, 0.3) is 0 Å². The Hall–Kier alpha value is -2.50. The monoisotopic (exact) mass is 328 g/mol. The molecular formula is C18H24N4O2. The standard InChI is InChI=1S/C18H24N4O2/c1-21(14-16-8-6-12-24-16)18(23)20-13-15-7-5-9-19-17(15)22-10-3-2-4-11-22/h5-9,12H,2-4,10-11,13-14H2,1H3,(H,20,23). The molecule has 1 fully saturated rings. The molecule has 3 heterocycles. The summed E-state index contributed by atoms with van der Waals surface area (Å²) < 4.78 is 5.28. The number of urea groups is 1. The summed E-state index contributed by atoms with van der Waals surface area (Å²) in [5, 5.41) is 2.97. The van der Waals surface area contributed by atoms with Crippen LogP contribution in [-0.4, -0.2) is 36.1 Å². The quantitative estimate of drug-likeness (QED) is 0.916. The Bertz CT molecular complexity index is 651. The SMILES string of the molecule is CN(Cc1ccco1)C(=O)NCc1cccnc1N1CCCCC1. The molecule has 2 aromatic rings. The predicted molar refractivity (Wildman–Crippen MR) is 92.7 cm³/mol. The number of hydrogen-bond donors (Lipinski definition) is 1. The average molecular weight is 328 g/mol. The van der Waals surface area contributed by atoms with Gasteiger partial charge in [0.15, 0.2) is 0 Å². The van der Waals surface area contributed by atoms with Crippen LogP contribution in [0.3, 0.4) is 0 Å². The molecule has 0 aliphatic carbocycles. The predicted octanol–water partition coefficient (Wildman–Crippen LogP) is 3.01. The normalized spacial score (nSPS) is 14.5. The molecule has 24 heavy (non-hydrogen) atoms. The van der Waals surface area contributed by atoms with Gasteiger partial charge in [-0.2, -0.15) is 0 Å². The summed E-state index contributed by atoms with van der Waals surface area (Å²) in [5.74, 6) is 1.76. The number of amides is 2. The van der Waals surface area contributed by atoms with Crippen molar-refractivity contribution in [2.75, 3.05) is 25.0 Å². The molecule has 0 atom stereocenters. The number of nitrogens with one attached hydrogen (secondary N) is 1. The van der Waals surface area contributed by atoms with Gasteiger partial charge in [-0.3, -0.25) is 0 Å². The van der Waals surface area contributed by atoms with Crippen molar-refractivity contribution in [1.82, 2.24) is 15.2 Å². The highest BCUT2D eigenvalue weighted by Crippen LogP contribution is 2.21. The van der Waals surface area contributed by atoms with Gasteiger partial charge < -0.3 is 19.5 Å². The minimum atomic E-state index is -0.125. The van der Waals surface area contributed by atoms with E-state index in [2.05, 4.69) is 15.2 Å². The molecule has 0 spiro atoms. The van der Waals surface area contributed by atoms with Crippen molar-refractivity contribution in [3.63, 3.8) is 0 Å². The zero-order valence-corrected chi connectivity index (χ0v) is 14.1. The molecule has 0 saturated carbocycles. The lowest BCUT2D eigenvalue weighted by Crippen LogP contribution is -2.37. The Morgan fingerprint density at radius 3 is 2.88 bits per heavy atom. The lowest BCUT2D eigenvalue weighted by molar-refractivity contribution is 0.202. The second-order valence-electron chi connectivity index (χ2n) is 6.13. The molecule has 1 aliphatic rings. The molecule has 1 N–H and O–H groups in total. The molecule has 1 aliphatic heterocycles. The number of aromatic nitrogens is 1. The first-order chi connectivity index (χ1) is 11.7. The number of piperidine rings is 1. The highest BCUT2D eigenvalue weighted by molar-refractivity contribution is 5.74. The summed E-state index contributed by atoms with van der Waals surface area (Å²) in [6.45, 7) is 3.00. The minimum absolute atomic E-state index is 0.125. The topological polar surface area (TPSA) is 61.6 Å². The lowest BCUT2D eigenvalue weighted by Gasteiger charge is -2.29. The first kappa shape index (κ1) is 16.4. The van der Waals surface area contributed by atoms with E-state index in [1.165, 1.54) is 19.3 Å². The van der Waals surface area contributed by atoms with E-state index < -0.39 is 0 Å². The van der Waals surface area contributed by atoms with Crippen LogP contribution in [0.2, 0.25) is 0 Å². The molecule has 2 aromatic heterocycles. The number of nitrogens with zero attached hydrogens (tertiary/aromatic N) is 3. The summed E-state index contributed by atoms with van der Waals surface area (Å²) in [6, 6.07) is 7.51. The summed E-state index contributed by atoms with van der Waals surface area (Å²) in [6.07, 6.45) is 7.12. The van der Waals surface area contributed by atoms with Crippen molar-refractivity contribution in [2.45, 2.75) is 32.4 Å². The fourth-order valence-corrected chi connectivity index (χ4v) is 2.97. The molecule has 0 bridgehead atoms. The molecule has 0 radical (unpaired) electrons. The van der Waals surface area contributed by atoms with Crippen LogP contribution in [-0.2, 0) is 13.1 Å². The van der Waals surface area contributed by atoms with E-state index in [-0.39, 0.29) is 6.03 Å². The zero-order valence-electron chi connectivity index (χ0n) is 14.1. The summed E-state index contributed by atoms with van der Waals surface area (Å²) in [5.41, 5.74) is 1.05. The van der Waals surface area contributed by atoms with Crippen LogP contribution in [0, 0.1) is 0 Å². The Morgan fingerprint density at radius 1 is 1.29 bits per heavy atom. The van der Waals surface area contributed by atoms with Gasteiger partial charge in [-0.25, -0.2) is 9.78 Å². The number of carbonyl (C=O) groups excluding carboxylic acids is 1. The third-order valence-electron chi connectivity index (χ3n) is 4.27. The summed E-state index contributed by atoms with van der Waals surface area (Å²) in [4.78, 5) is 20.7. The number of hydrogen-bond acceptors (Lipinski definition) is 4. The van der Waals surface area contributed by atoms with Crippen LogP contribution in [0.1, 0.15) is 30.6 Å². The maximum absolute atomic E-state index is 12.3. The fraction of sp³-hybridized carbons (Fsp3) is 0.444. The number of rotatable bonds is 5. The van der Waals surface area contributed by atoms with Gasteiger partial charge >= 0.3 is 6.03 Å². The Kier molecular flexibility index (Phi) is 5.36. The first-order valence-corrected chi connectivity index (χ1v) is 8.44. The van der Waals surface area contributed by atoms with Crippen LogP contribution in [0.5, 0.6) is 0 Å². The molecule has 6 nitrogen and oxygen atoms in total. The third kappa shape index (κ3) is 4.07. The maximum atomic E-state index is 12.3. The summed E-state index contributed by atoms with van der Waals surface area (Å²) in [7, 11) is 1.76. The minimum Gasteiger partial charge on any atom is -0.467 e. The molecule has 3 rings (SSSR count). The fourth-order valence-electron chi connectivity index (χ4n) is 2.97. The molecule has 2 amide bonds. The Balaban J connectivity index is 1.58. The highest BCUT2D eigenvalue weighted by Gasteiger charge is 2.16. The van der Waals surface area contributed by atoms with E-state index >= 15 is 0 Å². The number of carbonyl (C=O) groups is 1. The lowest BCUT2D eigenvalue weighted by atomic mass is 10.1. The van der Waals surface area contributed by atoms with E-state index in [0.717, 1.165) is 30.2 Å². The van der Waals surface area contributed by atoms with Gasteiger partial charge in [-0.15, -0.1) is 0 Å². The molecular weight excluding hydrogens is 304 g/mol. The molecule has 0 unspecified atom stereocenters. The highest BCUT2D eigenvalue weighted by atomic mass is 16.3. The van der Waals surface area contributed by atoms with Crippen molar-refractivity contribution in [1.29, 1.82) is 0 Å². The smallest absolute Gasteiger partial charge is 0.317 e. The van der Waals surface area contributed by atoms with Crippen LogP contribution in [0.15, 0.2) is 41.1 Å². The maximum Gasteiger partial charge on any atom is 0.317 e. The van der Waals surface area contributed by atoms with Crippen molar-refractivity contribution in [2.24, 2.45) is 0 Å². The van der Waals surface area contributed by atoms with Gasteiger partial charge in [-0.05, 0) is 37.5 Å². The second kappa shape index (κ2) is 7.86. The van der Waals surface area contributed by atoms with Crippen molar-refractivity contribution < 1.29 is 9.21 Å². The number of anilines is 1. The van der Waals surface area contributed by atoms with E-state index in [9.17, 15) is 4.79 Å². The third-order valence-corrected chi connectivity index (χ3v) is 4.27. The van der Waals surface area contributed by atoms with Gasteiger partial charge in [0.2, 0.25) is 0 Å². The van der Waals surface area contributed by atoms with Crippen molar-refractivity contribution in [3.05, 3.63) is 48.0 Å². The van der Waals surface area contributed by atoms with Gasteiger partial charge in [-0.1, -0.05) is 6.07 Å². The van der Waals surface area contributed by atoms with Crippen LogP contribution >= 0.6 is 0 Å². The van der Waals surface area contributed by atoms with Gasteiger partial charge in [0, 0.05) is 38.4 Å². The van der Waals surface area contributed by atoms with Gasteiger partial charge in [0.05, 0.1) is 12.8 Å². The largest absolute Gasteiger partial charge is 0.467 e. The molecule has 0 aromatic carbocycles. The van der Waals surface area contributed by atoms with Gasteiger partial charge in [0.25, 0.3) is 0 Å². The van der Waals surface area contributed by atoms with E-state index in [0.29, 0.717) is 13.1 Å². The second-order valence-corrected chi connectivity index (χ2v) is 6.13. The van der Waals surface area contributed by atoms with E-state index in [4.69, 9.17) is 4.42 Å². The Labute approximate surface area is 142 Å². The van der Waals surface area contributed by atoms with Gasteiger partial charge in [0.1, 0.15) is 11.6 Å². The van der Waals surface area contributed by atoms with E-state index in [1.807, 2.05) is 30.5 Å². The Morgan fingerprint density at radius 2 is 2.12 bits per heavy atom. The van der Waals surface area contributed by atoms with Crippen molar-refractivity contribution >= 4 is 11.8 Å². The molecule has 6 heteroatoms. The molecule has 1 saturated heterocycles. The number of pyridine rings is 1. The summed E-state index contributed by atoms with van der Waals surface area (Å²) >= 11 is 0. The van der Waals surface area contributed by atoms with Crippen LogP contribution in [0.4, 0.5) is 10.6 Å². The zero-order chi connectivity index (χ0) is 16.8. The average Bonchev–Trinajstić information content (AvgIpc) is 3.13.